The predicted molar refractivity (Wildman–Crippen MR) is 43.9 cm³/mol. The summed E-state index contributed by atoms with van der Waals surface area (Å²) in [5.41, 5.74) is 1.33. The molecule has 0 aliphatic carbocycles. The van der Waals surface area contributed by atoms with Crippen molar-refractivity contribution < 1.29 is 4.79 Å². The summed E-state index contributed by atoms with van der Waals surface area (Å²) in [6.07, 6.45) is 4.88. The molecule has 0 saturated carbocycles. The first-order chi connectivity index (χ1) is 4.66. The Morgan fingerprint density at radius 1 is 1.40 bits per heavy atom. The number of hydrogen-bond acceptors (Lipinski definition) is 1. The maximum Gasteiger partial charge on any atom is 0.120 e. The number of aldehydes is 1. The van der Waals surface area contributed by atoms with Crippen LogP contribution in [0.4, 0.5) is 0 Å². The molecule has 1 unspecified atom stereocenters. The second-order valence-electron chi connectivity index (χ2n) is 3.02. The standard InChI is InChI=1S/C9H16O/c1-8(2)4-5-9(3)6-7-10/h4,7,9H,5-6H2,1-3H3. The van der Waals surface area contributed by atoms with E-state index in [-0.39, 0.29) is 0 Å². The molecule has 0 aromatic heterocycles. The molecule has 0 aliphatic rings. The largest absolute Gasteiger partial charge is 0.303 e. The SMILES string of the molecule is CC(C)=CCC(C)CC=O. The zero-order chi connectivity index (χ0) is 7.98. The minimum absolute atomic E-state index is 0.507. The molecule has 0 N–H and O–H groups in total. The summed E-state index contributed by atoms with van der Waals surface area (Å²) in [6, 6.07) is 0. The molecule has 0 saturated heterocycles. The first kappa shape index (κ1) is 9.41. The minimum atomic E-state index is 0.507. The Bertz CT molecular complexity index is 121. The molecule has 0 spiro atoms. The smallest absolute Gasteiger partial charge is 0.120 e. The maximum atomic E-state index is 10.0. The van der Waals surface area contributed by atoms with Gasteiger partial charge in [0.25, 0.3) is 0 Å². The van der Waals surface area contributed by atoms with Gasteiger partial charge in [0.05, 0.1) is 0 Å². The second-order valence-corrected chi connectivity index (χ2v) is 3.02. The lowest BCUT2D eigenvalue weighted by Crippen LogP contribution is -1.92. The van der Waals surface area contributed by atoms with Gasteiger partial charge >= 0.3 is 0 Å². The lowest BCUT2D eigenvalue weighted by Gasteiger charge is -2.01. The predicted octanol–water partition coefficient (Wildman–Crippen LogP) is 2.57. The summed E-state index contributed by atoms with van der Waals surface area (Å²) < 4.78 is 0. The normalized spacial score (nSPS) is 12.3. The summed E-state index contributed by atoms with van der Waals surface area (Å²) in [6.45, 7) is 6.25. The van der Waals surface area contributed by atoms with Gasteiger partial charge in [-0.15, -0.1) is 0 Å². The van der Waals surface area contributed by atoms with Crippen LogP contribution in [0.1, 0.15) is 33.6 Å². The van der Waals surface area contributed by atoms with E-state index >= 15 is 0 Å². The molecule has 58 valence electrons. The summed E-state index contributed by atoms with van der Waals surface area (Å²) in [7, 11) is 0. The average Bonchev–Trinajstić information content (AvgIpc) is 1.85. The van der Waals surface area contributed by atoms with Crippen LogP contribution in [0.3, 0.4) is 0 Å². The highest BCUT2D eigenvalue weighted by Gasteiger charge is 1.96. The highest BCUT2D eigenvalue weighted by Crippen LogP contribution is 2.07. The Morgan fingerprint density at radius 3 is 2.40 bits per heavy atom. The molecule has 0 aliphatic heterocycles. The van der Waals surface area contributed by atoms with Crippen molar-refractivity contribution in [1.29, 1.82) is 0 Å². The molecule has 0 bridgehead atoms. The van der Waals surface area contributed by atoms with E-state index in [9.17, 15) is 4.79 Å². The van der Waals surface area contributed by atoms with Crippen molar-refractivity contribution in [2.24, 2.45) is 5.92 Å². The molecule has 1 nitrogen and oxygen atoms in total. The second kappa shape index (κ2) is 5.21. The van der Waals surface area contributed by atoms with Crippen molar-refractivity contribution in [2.75, 3.05) is 0 Å². The lowest BCUT2D eigenvalue weighted by atomic mass is 10.0. The monoisotopic (exact) mass is 140 g/mol. The van der Waals surface area contributed by atoms with Gasteiger partial charge in [-0.3, -0.25) is 0 Å². The Hall–Kier alpha value is -0.590. The molecule has 1 heteroatoms. The highest BCUT2D eigenvalue weighted by molar-refractivity contribution is 5.49. The van der Waals surface area contributed by atoms with Crippen molar-refractivity contribution in [3.63, 3.8) is 0 Å². The number of carbonyl (C=O) groups excluding carboxylic acids is 1. The van der Waals surface area contributed by atoms with Gasteiger partial charge in [-0.2, -0.15) is 0 Å². The molecule has 0 aromatic carbocycles. The van der Waals surface area contributed by atoms with Gasteiger partial charge in [-0.05, 0) is 26.2 Å². The molecule has 0 radical (unpaired) electrons. The van der Waals surface area contributed by atoms with Gasteiger partial charge in [-0.25, -0.2) is 0 Å². The first-order valence-corrected chi connectivity index (χ1v) is 3.73. The van der Waals surface area contributed by atoms with Gasteiger partial charge in [-0.1, -0.05) is 18.6 Å². The van der Waals surface area contributed by atoms with E-state index in [1.807, 2.05) is 0 Å². The van der Waals surface area contributed by atoms with Crippen LogP contribution in [-0.4, -0.2) is 6.29 Å². The lowest BCUT2D eigenvalue weighted by molar-refractivity contribution is -0.108. The summed E-state index contributed by atoms with van der Waals surface area (Å²) in [4.78, 5) is 10.0. The van der Waals surface area contributed by atoms with E-state index in [4.69, 9.17) is 0 Å². The van der Waals surface area contributed by atoms with E-state index in [1.54, 1.807) is 0 Å². The van der Waals surface area contributed by atoms with Crippen molar-refractivity contribution >= 4 is 6.29 Å². The van der Waals surface area contributed by atoms with Crippen LogP contribution in [0.2, 0.25) is 0 Å². The van der Waals surface area contributed by atoms with Crippen LogP contribution in [0.15, 0.2) is 11.6 Å². The minimum Gasteiger partial charge on any atom is -0.303 e. The number of allylic oxidation sites excluding steroid dienone is 2. The molecule has 10 heavy (non-hydrogen) atoms. The van der Waals surface area contributed by atoms with Crippen molar-refractivity contribution in [2.45, 2.75) is 33.6 Å². The summed E-state index contributed by atoms with van der Waals surface area (Å²) >= 11 is 0. The van der Waals surface area contributed by atoms with Crippen LogP contribution >= 0.6 is 0 Å². The van der Waals surface area contributed by atoms with Crippen molar-refractivity contribution in [3.05, 3.63) is 11.6 Å². The molecular weight excluding hydrogens is 124 g/mol. The van der Waals surface area contributed by atoms with E-state index in [2.05, 4.69) is 26.8 Å². The molecule has 0 amide bonds. The fourth-order valence-corrected chi connectivity index (χ4v) is 0.697. The number of rotatable bonds is 4. The van der Waals surface area contributed by atoms with Crippen LogP contribution in [0, 0.1) is 5.92 Å². The third kappa shape index (κ3) is 5.54. The third-order valence-electron chi connectivity index (χ3n) is 1.43. The van der Waals surface area contributed by atoms with Crippen molar-refractivity contribution in [1.82, 2.24) is 0 Å². The van der Waals surface area contributed by atoms with E-state index < -0.39 is 0 Å². The van der Waals surface area contributed by atoms with Crippen LogP contribution in [-0.2, 0) is 4.79 Å². The molecule has 0 fully saturated rings. The Morgan fingerprint density at radius 2 is 2.00 bits per heavy atom. The first-order valence-electron chi connectivity index (χ1n) is 3.73. The van der Waals surface area contributed by atoms with Crippen molar-refractivity contribution in [3.8, 4) is 0 Å². The Kier molecular flexibility index (Phi) is 4.91. The van der Waals surface area contributed by atoms with E-state index in [0.29, 0.717) is 12.3 Å². The van der Waals surface area contributed by atoms with Gasteiger partial charge < -0.3 is 4.79 Å². The summed E-state index contributed by atoms with van der Waals surface area (Å²) in [5.74, 6) is 0.507. The molecule has 0 aromatic rings. The highest BCUT2D eigenvalue weighted by atomic mass is 16.1. The van der Waals surface area contributed by atoms with Crippen LogP contribution < -0.4 is 0 Å². The average molecular weight is 140 g/mol. The number of hydrogen-bond donors (Lipinski definition) is 0. The van der Waals surface area contributed by atoms with Crippen LogP contribution in [0.25, 0.3) is 0 Å². The molecular formula is C9H16O. The molecule has 0 rings (SSSR count). The van der Waals surface area contributed by atoms with Crippen LogP contribution in [0.5, 0.6) is 0 Å². The van der Waals surface area contributed by atoms with E-state index in [1.165, 1.54) is 5.57 Å². The Labute approximate surface area is 63.1 Å². The number of carbonyl (C=O) groups is 1. The zero-order valence-corrected chi connectivity index (χ0v) is 7.05. The fraction of sp³-hybridized carbons (Fsp3) is 0.667. The van der Waals surface area contributed by atoms with Gasteiger partial charge in [0.2, 0.25) is 0 Å². The third-order valence-corrected chi connectivity index (χ3v) is 1.43. The van der Waals surface area contributed by atoms with E-state index in [0.717, 1.165) is 12.7 Å². The fourth-order valence-electron chi connectivity index (χ4n) is 0.697. The molecule has 1 atom stereocenters. The van der Waals surface area contributed by atoms with Gasteiger partial charge in [0.1, 0.15) is 6.29 Å². The summed E-state index contributed by atoms with van der Waals surface area (Å²) in [5, 5.41) is 0. The maximum absolute atomic E-state index is 10.0. The van der Waals surface area contributed by atoms with Gasteiger partial charge in [0.15, 0.2) is 0 Å². The zero-order valence-electron chi connectivity index (χ0n) is 7.05. The Balaban J connectivity index is 3.48. The molecule has 0 heterocycles. The quantitative estimate of drug-likeness (QED) is 0.433. The van der Waals surface area contributed by atoms with Gasteiger partial charge in [0, 0.05) is 6.42 Å². The topological polar surface area (TPSA) is 17.1 Å².